The van der Waals surface area contributed by atoms with Gasteiger partial charge >= 0.3 is 0 Å². The number of unbranched alkanes of at least 4 members (excludes halogenated alkanes) is 1. The van der Waals surface area contributed by atoms with Crippen molar-refractivity contribution in [3.05, 3.63) is 22.4 Å². The Morgan fingerprint density at radius 3 is 2.79 bits per heavy atom. The van der Waals surface area contributed by atoms with Crippen LogP contribution >= 0.6 is 11.3 Å². The average Bonchev–Trinajstić information content (AvgIpc) is 2.70. The van der Waals surface area contributed by atoms with Crippen LogP contribution in [-0.4, -0.2) is 6.54 Å². The van der Waals surface area contributed by atoms with Gasteiger partial charge in [-0.05, 0) is 30.8 Å². The van der Waals surface area contributed by atoms with Crippen molar-refractivity contribution in [3.8, 4) is 0 Å². The molecule has 1 aromatic rings. The fraction of sp³-hybridized carbons (Fsp3) is 0.667. The average molecular weight is 211 g/mol. The lowest BCUT2D eigenvalue weighted by Gasteiger charge is -2.16. The van der Waals surface area contributed by atoms with E-state index in [1.165, 1.54) is 30.6 Å². The van der Waals surface area contributed by atoms with E-state index in [1.807, 2.05) is 11.3 Å². The minimum atomic E-state index is 0.589. The maximum absolute atomic E-state index is 3.63. The fourth-order valence-corrected chi connectivity index (χ4v) is 2.41. The molecule has 1 heterocycles. The first-order valence-electron chi connectivity index (χ1n) is 5.65. The van der Waals surface area contributed by atoms with Crippen LogP contribution < -0.4 is 5.32 Å². The minimum absolute atomic E-state index is 0.589. The van der Waals surface area contributed by atoms with Gasteiger partial charge in [0.05, 0.1) is 0 Å². The summed E-state index contributed by atoms with van der Waals surface area (Å²) in [6, 6.07) is 4.97. The van der Waals surface area contributed by atoms with Crippen LogP contribution in [0, 0.1) is 0 Å². The Balaban J connectivity index is 2.39. The van der Waals surface area contributed by atoms with Crippen LogP contribution in [0.3, 0.4) is 0 Å². The van der Waals surface area contributed by atoms with Gasteiger partial charge in [0.25, 0.3) is 0 Å². The summed E-state index contributed by atoms with van der Waals surface area (Å²) in [7, 11) is 0. The standard InChI is InChI=1S/C12H21NS/c1-3-5-9-13-11(7-4-2)12-8-6-10-14-12/h6,8,10-11,13H,3-5,7,9H2,1-2H3. The van der Waals surface area contributed by atoms with Crippen molar-refractivity contribution >= 4 is 11.3 Å². The largest absolute Gasteiger partial charge is 0.309 e. The van der Waals surface area contributed by atoms with Gasteiger partial charge in [0.2, 0.25) is 0 Å². The Labute approximate surface area is 91.5 Å². The first-order chi connectivity index (χ1) is 6.88. The molecule has 0 aromatic carbocycles. The Bertz CT molecular complexity index is 218. The topological polar surface area (TPSA) is 12.0 Å². The van der Waals surface area contributed by atoms with Crippen LogP contribution in [0.1, 0.15) is 50.4 Å². The Hall–Kier alpha value is -0.340. The van der Waals surface area contributed by atoms with E-state index in [1.54, 1.807) is 0 Å². The van der Waals surface area contributed by atoms with Crippen molar-refractivity contribution in [1.82, 2.24) is 5.32 Å². The van der Waals surface area contributed by atoms with E-state index in [0.717, 1.165) is 6.54 Å². The zero-order valence-corrected chi connectivity index (χ0v) is 10.1. The fourth-order valence-electron chi connectivity index (χ4n) is 1.58. The van der Waals surface area contributed by atoms with Gasteiger partial charge in [-0.15, -0.1) is 11.3 Å². The summed E-state index contributed by atoms with van der Waals surface area (Å²) in [5.41, 5.74) is 0. The molecule has 0 amide bonds. The van der Waals surface area contributed by atoms with Gasteiger partial charge in [0.15, 0.2) is 0 Å². The van der Waals surface area contributed by atoms with Gasteiger partial charge in [-0.1, -0.05) is 32.8 Å². The van der Waals surface area contributed by atoms with Gasteiger partial charge in [0, 0.05) is 10.9 Å². The highest BCUT2D eigenvalue weighted by Crippen LogP contribution is 2.22. The second-order valence-corrected chi connectivity index (χ2v) is 4.64. The summed E-state index contributed by atoms with van der Waals surface area (Å²) in [6.07, 6.45) is 5.06. The number of nitrogens with one attached hydrogen (secondary N) is 1. The van der Waals surface area contributed by atoms with Crippen LogP contribution in [-0.2, 0) is 0 Å². The smallest absolute Gasteiger partial charge is 0.0414 e. The molecule has 1 atom stereocenters. The van der Waals surface area contributed by atoms with Gasteiger partial charge in [-0.3, -0.25) is 0 Å². The third-order valence-electron chi connectivity index (χ3n) is 2.39. The molecular weight excluding hydrogens is 190 g/mol. The summed E-state index contributed by atoms with van der Waals surface area (Å²) in [4.78, 5) is 1.49. The van der Waals surface area contributed by atoms with E-state index in [9.17, 15) is 0 Å². The van der Waals surface area contributed by atoms with Crippen molar-refractivity contribution in [2.45, 2.75) is 45.6 Å². The Kier molecular flexibility index (Phi) is 5.88. The normalized spacial score (nSPS) is 13.0. The summed E-state index contributed by atoms with van der Waals surface area (Å²) < 4.78 is 0. The van der Waals surface area contributed by atoms with Gasteiger partial charge < -0.3 is 5.32 Å². The van der Waals surface area contributed by atoms with Crippen LogP contribution in [0.15, 0.2) is 17.5 Å². The molecule has 0 saturated carbocycles. The van der Waals surface area contributed by atoms with Gasteiger partial charge in [-0.2, -0.15) is 0 Å². The summed E-state index contributed by atoms with van der Waals surface area (Å²) in [6.45, 7) is 5.64. The molecule has 0 bridgehead atoms. The van der Waals surface area contributed by atoms with Crippen molar-refractivity contribution in [1.29, 1.82) is 0 Å². The molecule has 1 rings (SSSR count). The van der Waals surface area contributed by atoms with Gasteiger partial charge in [0.1, 0.15) is 0 Å². The lowest BCUT2D eigenvalue weighted by atomic mass is 10.1. The van der Waals surface area contributed by atoms with Crippen LogP contribution in [0.4, 0.5) is 0 Å². The quantitative estimate of drug-likeness (QED) is 0.673. The van der Waals surface area contributed by atoms with E-state index in [4.69, 9.17) is 0 Å². The van der Waals surface area contributed by atoms with E-state index in [0.29, 0.717) is 6.04 Å². The van der Waals surface area contributed by atoms with Crippen molar-refractivity contribution < 1.29 is 0 Å². The third kappa shape index (κ3) is 3.81. The van der Waals surface area contributed by atoms with Crippen LogP contribution in [0.2, 0.25) is 0 Å². The van der Waals surface area contributed by atoms with E-state index < -0.39 is 0 Å². The molecule has 14 heavy (non-hydrogen) atoms. The summed E-state index contributed by atoms with van der Waals surface area (Å²) in [5.74, 6) is 0. The lowest BCUT2D eigenvalue weighted by Crippen LogP contribution is -2.21. The number of thiophene rings is 1. The molecular formula is C12H21NS. The second-order valence-electron chi connectivity index (χ2n) is 3.66. The molecule has 80 valence electrons. The number of hydrogen-bond acceptors (Lipinski definition) is 2. The molecule has 1 N–H and O–H groups in total. The van der Waals surface area contributed by atoms with Crippen molar-refractivity contribution in [3.63, 3.8) is 0 Å². The highest BCUT2D eigenvalue weighted by Gasteiger charge is 2.09. The minimum Gasteiger partial charge on any atom is -0.309 e. The zero-order chi connectivity index (χ0) is 10.2. The molecule has 0 aliphatic heterocycles. The Morgan fingerprint density at radius 1 is 1.36 bits per heavy atom. The first-order valence-corrected chi connectivity index (χ1v) is 6.53. The van der Waals surface area contributed by atoms with Gasteiger partial charge in [-0.25, -0.2) is 0 Å². The molecule has 1 unspecified atom stereocenters. The highest BCUT2D eigenvalue weighted by atomic mass is 32.1. The highest BCUT2D eigenvalue weighted by molar-refractivity contribution is 7.10. The molecule has 0 saturated heterocycles. The van der Waals surface area contributed by atoms with E-state index in [-0.39, 0.29) is 0 Å². The second kappa shape index (κ2) is 7.02. The van der Waals surface area contributed by atoms with Crippen molar-refractivity contribution in [2.75, 3.05) is 6.54 Å². The predicted octanol–water partition coefficient (Wildman–Crippen LogP) is 3.98. The first kappa shape index (κ1) is 11.7. The monoisotopic (exact) mass is 211 g/mol. The lowest BCUT2D eigenvalue weighted by molar-refractivity contribution is 0.492. The number of rotatable bonds is 7. The van der Waals surface area contributed by atoms with E-state index in [2.05, 4.69) is 36.7 Å². The third-order valence-corrected chi connectivity index (χ3v) is 3.37. The molecule has 0 aliphatic rings. The summed E-state index contributed by atoms with van der Waals surface area (Å²) >= 11 is 1.87. The predicted molar refractivity (Wildman–Crippen MR) is 64.9 cm³/mol. The summed E-state index contributed by atoms with van der Waals surface area (Å²) in [5, 5.41) is 5.80. The molecule has 1 nitrogen and oxygen atoms in total. The molecule has 1 aromatic heterocycles. The molecule has 0 fully saturated rings. The number of hydrogen-bond donors (Lipinski definition) is 1. The van der Waals surface area contributed by atoms with Crippen molar-refractivity contribution in [2.24, 2.45) is 0 Å². The molecule has 0 radical (unpaired) electrons. The SMILES string of the molecule is CCCCNC(CCC)c1cccs1. The maximum atomic E-state index is 3.63. The van der Waals surface area contributed by atoms with E-state index >= 15 is 0 Å². The molecule has 2 heteroatoms. The Morgan fingerprint density at radius 2 is 2.21 bits per heavy atom. The molecule has 0 aliphatic carbocycles. The maximum Gasteiger partial charge on any atom is 0.0414 e. The molecule has 0 spiro atoms. The van der Waals surface area contributed by atoms with Crippen LogP contribution in [0.5, 0.6) is 0 Å². The van der Waals surface area contributed by atoms with Crippen LogP contribution in [0.25, 0.3) is 0 Å². The zero-order valence-electron chi connectivity index (χ0n) is 9.25.